The second kappa shape index (κ2) is 7.83. The van der Waals surface area contributed by atoms with Gasteiger partial charge in [0.05, 0.1) is 6.61 Å². The molecule has 1 N–H and O–H groups in total. The van der Waals surface area contributed by atoms with E-state index in [4.69, 9.17) is 16.3 Å². The first-order chi connectivity index (χ1) is 12.5. The monoisotopic (exact) mass is 370 g/mol. The Balaban J connectivity index is 1.57. The minimum absolute atomic E-state index is 0.0762. The Morgan fingerprint density at radius 1 is 1.15 bits per heavy atom. The summed E-state index contributed by atoms with van der Waals surface area (Å²) in [6, 6.07) is 13.6. The van der Waals surface area contributed by atoms with E-state index in [2.05, 4.69) is 5.32 Å². The average molecular weight is 371 g/mol. The van der Waals surface area contributed by atoms with Crippen molar-refractivity contribution >= 4 is 28.4 Å². The Bertz CT molecular complexity index is 929. The van der Waals surface area contributed by atoms with Gasteiger partial charge < -0.3 is 14.6 Å². The molecule has 136 valence electrons. The first kappa shape index (κ1) is 18.3. The lowest BCUT2D eigenvalue weighted by Crippen LogP contribution is -2.27. The van der Waals surface area contributed by atoms with E-state index < -0.39 is 0 Å². The Morgan fingerprint density at radius 3 is 2.62 bits per heavy atom. The van der Waals surface area contributed by atoms with Gasteiger partial charge in [0.1, 0.15) is 11.4 Å². The van der Waals surface area contributed by atoms with Crippen LogP contribution >= 0.6 is 11.6 Å². The van der Waals surface area contributed by atoms with Crippen LogP contribution in [-0.4, -0.2) is 23.6 Å². The van der Waals surface area contributed by atoms with Crippen molar-refractivity contribution in [3.63, 3.8) is 0 Å². The maximum Gasteiger partial charge on any atom is 0.268 e. The second-order valence-corrected chi connectivity index (χ2v) is 6.90. The van der Waals surface area contributed by atoms with Crippen molar-refractivity contribution in [3.8, 4) is 5.75 Å². The third-order valence-electron chi connectivity index (χ3n) is 4.53. The number of nitrogens with one attached hydrogen (secondary N) is 1. The fraction of sp³-hybridized carbons (Fsp3) is 0.286. The number of amides is 1. The third kappa shape index (κ3) is 3.86. The average Bonchev–Trinajstić information content (AvgIpc) is 2.86. The van der Waals surface area contributed by atoms with Crippen molar-refractivity contribution in [1.82, 2.24) is 9.88 Å². The standard InChI is InChI=1S/C21H23ClN2O2/c1-14-5-8-17(9-6-14)26-12-4-11-23-21(25)20-15(2)18-13-16(22)7-10-19(18)24(20)3/h5-10,13H,4,11-12H2,1-3H3,(H,23,25). The number of carbonyl (C=O) groups excluding carboxylic acids is 1. The molecule has 0 atom stereocenters. The number of benzene rings is 2. The van der Waals surface area contributed by atoms with E-state index in [-0.39, 0.29) is 5.91 Å². The first-order valence-electron chi connectivity index (χ1n) is 8.69. The minimum Gasteiger partial charge on any atom is -0.494 e. The van der Waals surface area contributed by atoms with E-state index in [1.165, 1.54) is 5.56 Å². The van der Waals surface area contributed by atoms with Crippen molar-refractivity contribution in [1.29, 1.82) is 0 Å². The molecule has 0 fully saturated rings. The van der Waals surface area contributed by atoms with Crippen molar-refractivity contribution < 1.29 is 9.53 Å². The molecular weight excluding hydrogens is 348 g/mol. The van der Waals surface area contributed by atoms with Gasteiger partial charge in [0, 0.05) is 29.5 Å². The summed E-state index contributed by atoms with van der Waals surface area (Å²) in [7, 11) is 1.90. The summed E-state index contributed by atoms with van der Waals surface area (Å²) in [6.45, 7) is 5.12. The molecule has 0 bridgehead atoms. The lowest BCUT2D eigenvalue weighted by molar-refractivity contribution is 0.0943. The van der Waals surface area contributed by atoms with E-state index in [1.807, 2.05) is 67.9 Å². The number of carbonyl (C=O) groups is 1. The summed E-state index contributed by atoms with van der Waals surface area (Å²) >= 11 is 6.09. The van der Waals surface area contributed by atoms with Gasteiger partial charge in [0.2, 0.25) is 0 Å². The topological polar surface area (TPSA) is 43.3 Å². The molecule has 0 saturated heterocycles. The third-order valence-corrected chi connectivity index (χ3v) is 4.76. The molecule has 0 aliphatic heterocycles. The van der Waals surface area contributed by atoms with Crippen LogP contribution in [0, 0.1) is 13.8 Å². The van der Waals surface area contributed by atoms with Crippen LogP contribution < -0.4 is 10.1 Å². The number of fused-ring (bicyclic) bond motifs is 1. The fourth-order valence-corrected chi connectivity index (χ4v) is 3.28. The molecule has 3 rings (SSSR count). The lowest BCUT2D eigenvalue weighted by atomic mass is 10.1. The zero-order chi connectivity index (χ0) is 18.7. The molecule has 1 aromatic heterocycles. The van der Waals surface area contributed by atoms with E-state index >= 15 is 0 Å². The second-order valence-electron chi connectivity index (χ2n) is 6.47. The highest BCUT2D eigenvalue weighted by Gasteiger charge is 2.18. The van der Waals surface area contributed by atoms with E-state index in [0.717, 1.165) is 28.6 Å². The zero-order valence-electron chi connectivity index (χ0n) is 15.3. The van der Waals surface area contributed by atoms with E-state index in [0.29, 0.717) is 23.9 Å². The van der Waals surface area contributed by atoms with Gasteiger partial charge in [-0.05, 0) is 56.2 Å². The van der Waals surface area contributed by atoms with Gasteiger partial charge in [-0.1, -0.05) is 29.3 Å². The SMILES string of the molecule is Cc1ccc(OCCCNC(=O)c2c(C)c3cc(Cl)ccc3n2C)cc1. The largest absolute Gasteiger partial charge is 0.494 e. The predicted octanol–water partition coefficient (Wildman–Crippen LogP) is 4.65. The molecule has 0 aliphatic carbocycles. The van der Waals surface area contributed by atoms with Gasteiger partial charge in [-0.3, -0.25) is 4.79 Å². The quantitative estimate of drug-likeness (QED) is 0.642. The predicted molar refractivity (Wildman–Crippen MR) is 106 cm³/mol. The number of aromatic nitrogens is 1. The van der Waals surface area contributed by atoms with Crippen LogP contribution in [0.3, 0.4) is 0 Å². The molecule has 26 heavy (non-hydrogen) atoms. The summed E-state index contributed by atoms with van der Waals surface area (Å²) in [4.78, 5) is 12.6. The van der Waals surface area contributed by atoms with Crippen LogP contribution in [0.2, 0.25) is 5.02 Å². The zero-order valence-corrected chi connectivity index (χ0v) is 16.1. The summed E-state index contributed by atoms with van der Waals surface area (Å²) in [6.07, 6.45) is 0.744. The van der Waals surface area contributed by atoms with Crippen LogP contribution in [0.25, 0.3) is 10.9 Å². The summed E-state index contributed by atoms with van der Waals surface area (Å²) in [5.41, 5.74) is 3.82. The van der Waals surface area contributed by atoms with Crippen molar-refractivity contribution in [2.75, 3.05) is 13.2 Å². The van der Waals surface area contributed by atoms with Crippen LogP contribution in [0.15, 0.2) is 42.5 Å². The number of rotatable bonds is 6. The Kier molecular flexibility index (Phi) is 5.52. The number of nitrogens with zero attached hydrogens (tertiary/aromatic N) is 1. The van der Waals surface area contributed by atoms with Crippen LogP contribution in [0.4, 0.5) is 0 Å². The Labute approximate surface area is 158 Å². The normalized spacial score (nSPS) is 10.9. The highest BCUT2D eigenvalue weighted by molar-refractivity contribution is 6.31. The number of aryl methyl sites for hydroxylation is 3. The van der Waals surface area contributed by atoms with Gasteiger partial charge >= 0.3 is 0 Å². The van der Waals surface area contributed by atoms with Crippen molar-refractivity contribution in [2.24, 2.45) is 7.05 Å². The number of ether oxygens (including phenoxy) is 1. The molecule has 3 aromatic rings. The van der Waals surface area contributed by atoms with Gasteiger partial charge in [-0.2, -0.15) is 0 Å². The van der Waals surface area contributed by atoms with Crippen molar-refractivity contribution in [3.05, 3.63) is 64.3 Å². The van der Waals surface area contributed by atoms with Gasteiger partial charge in [0.15, 0.2) is 0 Å². The highest BCUT2D eigenvalue weighted by Crippen LogP contribution is 2.27. The molecule has 0 saturated carbocycles. The van der Waals surface area contributed by atoms with Gasteiger partial charge in [-0.15, -0.1) is 0 Å². The number of halogens is 1. The fourth-order valence-electron chi connectivity index (χ4n) is 3.11. The summed E-state index contributed by atoms with van der Waals surface area (Å²) < 4.78 is 7.60. The van der Waals surface area contributed by atoms with E-state index in [1.54, 1.807) is 0 Å². The molecule has 0 unspecified atom stereocenters. The smallest absolute Gasteiger partial charge is 0.268 e. The lowest BCUT2D eigenvalue weighted by Gasteiger charge is -2.09. The molecular formula is C21H23ClN2O2. The van der Waals surface area contributed by atoms with Crippen LogP contribution in [0.5, 0.6) is 5.75 Å². The molecule has 2 aromatic carbocycles. The van der Waals surface area contributed by atoms with Gasteiger partial charge in [-0.25, -0.2) is 0 Å². The van der Waals surface area contributed by atoms with Gasteiger partial charge in [0.25, 0.3) is 5.91 Å². The van der Waals surface area contributed by atoms with Crippen molar-refractivity contribution in [2.45, 2.75) is 20.3 Å². The first-order valence-corrected chi connectivity index (χ1v) is 9.07. The molecule has 0 aliphatic rings. The highest BCUT2D eigenvalue weighted by atomic mass is 35.5. The molecule has 0 radical (unpaired) electrons. The molecule has 0 spiro atoms. The molecule has 5 heteroatoms. The van der Waals surface area contributed by atoms with Crippen LogP contribution in [0.1, 0.15) is 28.0 Å². The molecule has 1 heterocycles. The van der Waals surface area contributed by atoms with E-state index in [9.17, 15) is 4.79 Å². The molecule has 1 amide bonds. The molecule has 4 nitrogen and oxygen atoms in total. The summed E-state index contributed by atoms with van der Waals surface area (Å²) in [5.74, 6) is 0.774. The minimum atomic E-state index is -0.0762. The number of hydrogen-bond donors (Lipinski definition) is 1. The maximum absolute atomic E-state index is 12.6. The number of hydrogen-bond acceptors (Lipinski definition) is 2. The Hall–Kier alpha value is -2.46. The Morgan fingerprint density at radius 2 is 1.88 bits per heavy atom. The maximum atomic E-state index is 12.6. The van der Waals surface area contributed by atoms with Crippen LogP contribution in [-0.2, 0) is 7.05 Å². The summed E-state index contributed by atoms with van der Waals surface area (Å²) in [5, 5.41) is 4.66.